The SMILES string of the molecule is O=C1NC(=Nc2cccc(Cl)c2Cl)S/C1=C/c1cc(Cl)c(OCc2ccc(C(=O)O)cc2)c(Cl)c1. The van der Waals surface area contributed by atoms with Crippen LogP contribution in [0, 0.1) is 0 Å². The minimum atomic E-state index is -1.01. The molecular formula is C24H14Cl4N2O4S. The number of benzene rings is 3. The van der Waals surface area contributed by atoms with Gasteiger partial charge in [0.05, 0.1) is 36.2 Å². The fraction of sp³-hybridized carbons (Fsp3) is 0.0417. The van der Waals surface area contributed by atoms with E-state index in [9.17, 15) is 9.59 Å². The van der Waals surface area contributed by atoms with Crippen molar-refractivity contribution in [1.82, 2.24) is 5.32 Å². The maximum Gasteiger partial charge on any atom is 0.335 e. The maximum atomic E-state index is 12.4. The van der Waals surface area contributed by atoms with E-state index in [0.717, 1.165) is 17.3 Å². The molecule has 0 spiro atoms. The number of aromatic carboxylic acids is 1. The predicted octanol–water partition coefficient (Wildman–Crippen LogP) is 7.47. The number of ether oxygens (including phenoxy) is 1. The van der Waals surface area contributed by atoms with Crippen LogP contribution in [0.1, 0.15) is 21.5 Å². The quantitative estimate of drug-likeness (QED) is 0.302. The van der Waals surface area contributed by atoms with E-state index in [0.29, 0.717) is 31.4 Å². The van der Waals surface area contributed by atoms with Crippen molar-refractivity contribution in [1.29, 1.82) is 0 Å². The molecule has 0 unspecified atom stereocenters. The molecule has 1 aliphatic rings. The number of rotatable bonds is 6. The first kappa shape index (κ1) is 25.4. The molecule has 2 N–H and O–H groups in total. The highest BCUT2D eigenvalue weighted by Gasteiger charge is 2.24. The van der Waals surface area contributed by atoms with Gasteiger partial charge in [-0.1, -0.05) is 64.6 Å². The first-order valence-corrected chi connectivity index (χ1v) is 12.2. The van der Waals surface area contributed by atoms with Crippen molar-refractivity contribution >= 4 is 87.0 Å². The Labute approximate surface area is 224 Å². The molecule has 3 aromatic rings. The van der Waals surface area contributed by atoms with Gasteiger partial charge in [-0.3, -0.25) is 4.79 Å². The molecule has 1 fully saturated rings. The molecule has 3 aromatic carbocycles. The van der Waals surface area contributed by atoms with Crippen LogP contribution in [0.4, 0.5) is 5.69 Å². The van der Waals surface area contributed by atoms with Crippen LogP contribution in [0.15, 0.2) is 64.5 Å². The molecule has 35 heavy (non-hydrogen) atoms. The van der Waals surface area contributed by atoms with Gasteiger partial charge in [0, 0.05) is 0 Å². The summed E-state index contributed by atoms with van der Waals surface area (Å²) in [5.74, 6) is -1.06. The van der Waals surface area contributed by atoms with Crippen molar-refractivity contribution in [3.63, 3.8) is 0 Å². The monoisotopic (exact) mass is 566 g/mol. The van der Waals surface area contributed by atoms with E-state index in [4.69, 9.17) is 56.2 Å². The molecule has 1 aliphatic heterocycles. The van der Waals surface area contributed by atoms with Gasteiger partial charge in [-0.25, -0.2) is 9.79 Å². The van der Waals surface area contributed by atoms with Gasteiger partial charge in [0.15, 0.2) is 10.9 Å². The van der Waals surface area contributed by atoms with Crippen LogP contribution in [0.5, 0.6) is 5.75 Å². The second kappa shape index (κ2) is 10.9. The van der Waals surface area contributed by atoms with Crippen LogP contribution in [0.25, 0.3) is 6.08 Å². The molecule has 1 saturated heterocycles. The van der Waals surface area contributed by atoms with Crippen LogP contribution in [-0.4, -0.2) is 22.2 Å². The third kappa shape index (κ3) is 6.12. The molecule has 0 bridgehead atoms. The molecule has 0 radical (unpaired) electrons. The van der Waals surface area contributed by atoms with Gasteiger partial charge >= 0.3 is 5.97 Å². The number of hydrogen-bond donors (Lipinski definition) is 2. The molecule has 0 aromatic heterocycles. The lowest BCUT2D eigenvalue weighted by Crippen LogP contribution is -2.19. The third-order valence-electron chi connectivity index (χ3n) is 4.71. The Morgan fingerprint density at radius 1 is 1.03 bits per heavy atom. The zero-order valence-electron chi connectivity index (χ0n) is 17.5. The first-order valence-electron chi connectivity index (χ1n) is 9.89. The Balaban J connectivity index is 1.49. The Morgan fingerprint density at radius 3 is 2.37 bits per heavy atom. The number of hydrogen-bond acceptors (Lipinski definition) is 5. The van der Waals surface area contributed by atoms with E-state index in [-0.39, 0.29) is 33.9 Å². The summed E-state index contributed by atoms with van der Waals surface area (Å²) in [6.45, 7) is 0.143. The zero-order chi connectivity index (χ0) is 25.1. The summed E-state index contributed by atoms with van der Waals surface area (Å²) in [7, 11) is 0. The fourth-order valence-electron chi connectivity index (χ4n) is 3.02. The van der Waals surface area contributed by atoms with Crippen LogP contribution >= 0.6 is 58.2 Å². The van der Waals surface area contributed by atoms with E-state index in [1.165, 1.54) is 12.1 Å². The number of nitrogens with zero attached hydrogens (tertiary/aromatic N) is 1. The smallest absolute Gasteiger partial charge is 0.335 e. The minimum absolute atomic E-state index is 0.143. The lowest BCUT2D eigenvalue weighted by Gasteiger charge is -2.11. The van der Waals surface area contributed by atoms with Crippen molar-refractivity contribution in [2.24, 2.45) is 4.99 Å². The van der Waals surface area contributed by atoms with Gasteiger partial charge in [0.25, 0.3) is 5.91 Å². The normalized spacial score (nSPS) is 15.5. The molecule has 11 heteroatoms. The van der Waals surface area contributed by atoms with Gasteiger partial charge in [-0.15, -0.1) is 0 Å². The number of amides is 1. The van der Waals surface area contributed by atoms with E-state index in [1.54, 1.807) is 48.5 Å². The molecular weight excluding hydrogens is 554 g/mol. The molecule has 0 saturated carbocycles. The van der Waals surface area contributed by atoms with Gasteiger partial charge < -0.3 is 15.2 Å². The number of thioether (sulfide) groups is 1. The highest BCUT2D eigenvalue weighted by molar-refractivity contribution is 8.18. The summed E-state index contributed by atoms with van der Waals surface area (Å²) in [6.07, 6.45) is 1.63. The van der Waals surface area contributed by atoms with Crippen LogP contribution in [-0.2, 0) is 11.4 Å². The van der Waals surface area contributed by atoms with Crippen molar-refractivity contribution in [3.8, 4) is 5.75 Å². The lowest BCUT2D eigenvalue weighted by molar-refractivity contribution is -0.115. The van der Waals surface area contributed by atoms with E-state index in [1.807, 2.05) is 0 Å². The van der Waals surface area contributed by atoms with E-state index < -0.39 is 5.97 Å². The Kier molecular flexibility index (Phi) is 7.94. The molecule has 1 amide bonds. The Hall–Kier alpha value is -2.68. The topological polar surface area (TPSA) is 88.0 Å². The largest absolute Gasteiger partial charge is 0.486 e. The Morgan fingerprint density at radius 2 is 1.71 bits per heavy atom. The lowest BCUT2D eigenvalue weighted by atomic mass is 10.1. The van der Waals surface area contributed by atoms with Crippen LogP contribution < -0.4 is 10.1 Å². The number of nitrogens with one attached hydrogen (secondary N) is 1. The van der Waals surface area contributed by atoms with Crippen molar-refractivity contribution in [3.05, 3.63) is 96.3 Å². The highest BCUT2D eigenvalue weighted by Crippen LogP contribution is 2.38. The Bertz CT molecular complexity index is 1370. The van der Waals surface area contributed by atoms with Crippen molar-refractivity contribution in [2.45, 2.75) is 6.61 Å². The summed E-state index contributed by atoms with van der Waals surface area (Å²) in [5, 5.41) is 13.2. The summed E-state index contributed by atoms with van der Waals surface area (Å²) in [6, 6.07) is 14.6. The number of carbonyl (C=O) groups excluding carboxylic acids is 1. The first-order chi connectivity index (χ1) is 16.7. The average molecular weight is 568 g/mol. The molecule has 0 aliphatic carbocycles. The number of halogens is 4. The number of carbonyl (C=O) groups is 2. The molecule has 1 heterocycles. The summed E-state index contributed by atoms with van der Waals surface area (Å²) in [5.41, 5.74) is 1.96. The second-order valence-electron chi connectivity index (χ2n) is 7.16. The van der Waals surface area contributed by atoms with Gasteiger partial charge in [-0.2, -0.15) is 0 Å². The summed E-state index contributed by atoms with van der Waals surface area (Å²) in [4.78, 5) is 28.1. The molecule has 178 valence electrons. The van der Waals surface area contributed by atoms with Gasteiger partial charge in [-0.05, 0) is 65.4 Å². The fourth-order valence-corrected chi connectivity index (χ4v) is 4.81. The van der Waals surface area contributed by atoms with E-state index >= 15 is 0 Å². The van der Waals surface area contributed by atoms with Crippen molar-refractivity contribution in [2.75, 3.05) is 0 Å². The standard InChI is InChI=1S/C24H14Cl4N2O4S/c25-15-2-1-3-18(20(15)28)29-24-30-22(31)19(35-24)10-13-8-16(26)21(17(27)9-13)34-11-12-4-6-14(7-5-12)23(32)33/h1-10H,11H2,(H,32,33)(H,29,30,31)/b19-10+. The molecule has 6 nitrogen and oxygen atoms in total. The number of amidine groups is 1. The minimum Gasteiger partial charge on any atom is -0.486 e. The number of aliphatic imine (C=N–C) groups is 1. The predicted molar refractivity (Wildman–Crippen MR) is 141 cm³/mol. The number of carboxylic acids is 1. The maximum absolute atomic E-state index is 12.4. The number of carboxylic acid groups (broad SMARTS) is 1. The highest BCUT2D eigenvalue weighted by atomic mass is 35.5. The molecule has 0 atom stereocenters. The van der Waals surface area contributed by atoms with E-state index in [2.05, 4.69) is 10.3 Å². The van der Waals surface area contributed by atoms with Gasteiger partial charge in [0.2, 0.25) is 0 Å². The third-order valence-corrected chi connectivity index (χ3v) is 6.99. The average Bonchev–Trinajstić information content (AvgIpc) is 3.15. The van der Waals surface area contributed by atoms with Gasteiger partial charge in [0.1, 0.15) is 6.61 Å². The zero-order valence-corrected chi connectivity index (χ0v) is 21.4. The summed E-state index contributed by atoms with van der Waals surface area (Å²) >= 11 is 26.1. The van der Waals surface area contributed by atoms with Crippen molar-refractivity contribution < 1.29 is 19.4 Å². The van der Waals surface area contributed by atoms with Crippen LogP contribution in [0.2, 0.25) is 20.1 Å². The van der Waals surface area contributed by atoms with Crippen LogP contribution in [0.3, 0.4) is 0 Å². The second-order valence-corrected chi connectivity index (χ2v) is 9.79. The molecule has 4 rings (SSSR count). The summed E-state index contributed by atoms with van der Waals surface area (Å²) < 4.78 is 5.75.